The summed E-state index contributed by atoms with van der Waals surface area (Å²) in [6, 6.07) is 0.506. The summed E-state index contributed by atoms with van der Waals surface area (Å²) in [5.41, 5.74) is 0.703. The molecule has 0 spiro atoms. The molecule has 15 heavy (non-hydrogen) atoms. The van der Waals surface area contributed by atoms with Crippen molar-refractivity contribution in [2.75, 3.05) is 7.05 Å². The fourth-order valence-electron chi connectivity index (χ4n) is 2.80. The molecule has 5 heteroatoms. The SMILES string of the molecule is CN1C2C=CCC1(c1nonc1Cl)CC2. The van der Waals surface area contributed by atoms with E-state index in [9.17, 15) is 0 Å². The lowest BCUT2D eigenvalue weighted by molar-refractivity contribution is 0.131. The van der Waals surface area contributed by atoms with Gasteiger partial charge in [-0.05, 0) is 31.5 Å². The monoisotopic (exact) mass is 225 g/mol. The molecule has 0 saturated carbocycles. The molecule has 80 valence electrons. The van der Waals surface area contributed by atoms with Crippen molar-refractivity contribution in [1.29, 1.82) is 0 Å². The maximum absolute atomic E-state index is 6.01. The number of rotatable bonds is 1. The van der Waals surface area contributed by atoms with Crippen molar-refractivity contribution in [3.63, 3.8) is 0 Å². The van der Waals surface area contributed by atoms with E-state index in [1.54, 1.807) is 0 Å². The molecule has 0 aliphatic carbocycles. The van der Waals surface area contributed by atoms with Crippen LogP contribution >= 0.6 is 11.6 Å². The van der Waals surface area contributed by atoms with Gasteiger partial charge in [0.1, 0.15) is 5.69 Å². The Morgan fingerprint density at radius 1 is 1.60 bits per heavy atom. The van der Waals surface area contributed by atoms with Gasteiger partial charge in [-0.15, -0.1) is 0 Å². The van der Waals surface area contributed by atoms with E-state index in [-0.39, 0.29) is 5.54 Å². The molecule has 1 aromatic rings. The molecule has 1 saturated heterocycles. The molecule has 4 nitrogen and oxygen atoms in total. The van der Waals surface area contributed by atoms with Gasteiger partial charge in [0.2, 0.25) is 0 Å². The van der Waals surface area contributed by atoms with Crippen LogP contribution in [0.1, 0.15) is 25.0 Å². The predicted molar refractivity (Wildman–Crippen MR) is 55.5 cm³/mol. The van der Waals surface area contributed by atoms with Gasteiger partial charge in [-0.3, -0.25) is 4.90 Å². The zero-order chi connectivity index (χ0) is 10.5. The maximum Gasteiger partial charge on any atom is 0.198 e. The van der Waals surface area contributed by atoms with Gasteiger partial charge in [0, 0.05) is 6.04 Å². The quantitative estimate of drug-likeness (QED) is 0.686. The number of hydrogen-bond donors (Lipinski definition) is 0. The highest BCUT2D eigenvalue weighted by molar-refractivity contribution is 6.30. The molecule has 0 amide bonds. The van der Waals surface area contributed by atoms with E-state index in [0.29, 0.717) is 11.2 Å². The van der Waals surface area contributed by atoms with Crippen molar-refractivity contribution < 1.29 is 4.63 Å². The highest BCUT2D eigenvalue weighted by atomic mass is 35.5. The van der Waals surface area contributed by atoms with Gasteiger partial charge in [-0.25, -0.2) is 4.63 Å². The first kappa shape index (κ1) is 9.36. The molecule has 1 aromatic heterocycles. The van der Waals surface area contributed by atoms with Crippen LogP contribution in [0.4, 0.5) is 0 Å². The Morgan fingerprint density at radius 2 is 2.47 bits per heavy atom. The maximum atomic E-state index is 6.01. The lowest BCUT2D eigenvalue weighted by Crippen LogP contribution is -2.43. The van der Waals surface area contributed by atoms with Crippen LogP contribution in [0.15, 0.2) is 16.8 Å². The van der Waals surface area contributed by atoms with E-state index in [1.165, 1.54) is 0 Å². The van der Waals surface area contributed by atoms with Crippen LogP contribution in [-0.4, -0.2) is 28.3 Å². The van der Waals surface area contributed by atoms with Crippen LogP contribution in [0, 0.1) is 0 Å². The van der Waals surface area contributed by atoms with Gasteiger partial charge in [0.05, 0.1) is 5.54 Å². The number of likely N-dealkylation sites (N-methyl/N-ethyl adjacent to an activating group) is 1. The van der Waals surface area contributed by atoms with E-state index in [4.69, 9.17) is 16.2 Å². The lowest BCUT2D eigenvalue weighted by Gasteiger charge is -2.38. The highest BCUT2D eigenvalue weighted by Gasteiger charge is 2.49. The molecule has 2 bridgehead atoms. The summed E-state index contributed by atoms with van der Waals surface area (Å²) >= 11 is 6.01. The number of halogens is 1. The van der Waals surface area contributed by atoms with Gasteiger partial charge in [0.15, 0.2) is 5.15 Å². The standard InChI is InChI=1S/C10H12ClN3O/c1-14-7-3-2-5-10(14,6-4-7)8-9(11)13-15-12-8/h2-3,7H,4-6H2,1H3. The zero-order valence-corrected chi connectivity index (χ0v) is 9.24. The van der Waals surface area contributed by atoms with Crippen LogP contribution in [0.3, 0.4) is 0 Å². The van der Waals surface area contributed by atoms with Crippen molar-refractivity contribution in [2.24, 2.45) is 0 Å². The Morgan fingerprint density at radius 3 is 3.20 bits per heavy atom. The Kier molecular flexibility index (Phi) is 1.91. The number of nitrogens with zero attached hydrogens (tertiary/aromatic N) is 3. The minimum absolute atomic E-state index is 0.0868. The number of aromatic nitrogens is 2. The van der Waals surface area contributed by atoms with Crippen LogP contribution in [-0.2, 0) is 5.54 Å². The van der Waals surface area contributed by atoms with Gasteiger partial charge in [0.25, 0.3) is 0 Å². The van der Waals surface area contributed by atoms with Crippen molar-refractivity contribution in [2.45, 2.75) is 30.8 Å². The number of fused-ring (bicyclic) bond motifs is 2. The van der Waals surface area contributed by atoms with E-state index < -0.39 is 0 Å². The molecule has 0 radical (unpaired) electrons. The van der Waals surface area contributed by atoms with Crippen molar-refractivity contribution in [3.8, 4) is 0 Å². The molecular formula is C10H12ClN3O. The average Bonchev–Trinajstić information content (AvgIpc) is 2.69. The van der Waals surface area contributed by atoms with Crippen LogP contribution in [0.25, 0.3) is 0 Å². The summed E-state index contributed by atoms with van der Waals surface area (Å²) in [6.45, 7) is 0. The van der Waals surface area contributed by atoms with Crippen LogP contribution in [0.5, 0.6) is 0 Å². The first-order chi connectivity index (χ1) is 7.24. The molecule has 1 fully saturated rings. The predicted octanol–water partition coefficient (Wildman–Crippen LogP) is 1.97. The third kappa shape index (κ3) is 1.12. The van der Waals surface area contributed by atoms with Gasteiger partial charge in [-0.2, -0.15) is 0 Å². The molecule has 0 aromatic carbocycles. The van der Waals surface area contributed by atoms with Crippen LogP contribution in [0.2, 0.25) is 5.15 Å². The average molecular weight is 226 g/mol. The fourth-order valence-corrected chi connectivity index (χ4v) is 3.04. The second kappa shape index (κ2) is 3.06. The largest absolute Gasteiger partial charge is 0.288 e. The summed E-state index contributed by atoms with van der Waals surface area (Å²) in [5.74, 6) is 0. The second-order valence-corrected chi connectivity index (χ2v) is 4.64. The molecular weight excluding hydrogens is 214 g/mol. The zero-order valence-electron chi connectivity index (χ0n) is 8.48. The summed E-state index contributed by atoms with van der Waals surface area (Å²) in [4.78, 5) is 2.33. The summed E-state index contributed by atoms with van der Waals surface area (Å²) in [5, 5.41) is 8.03. The van der Waals surface area contributed by atoms with E-state index in [0.717, 1.165) is 25.0 Å². The summed E-state index contributed by atoms with van der Waals surface area (Å²) in [7, 11) is 2.12. The summed E-state index contributed by atoms with van der Waals surface area (Å²) < 4.78 is 4.71. The Bertz CT molecular complexity index is 417. The smallest absolute Gasteiger partial charge is 0.198 e. The Hall–Kier alpha value is -0.870. The van der Waals surface area contributed by atoms with Crippen molar-refractivity contribution in [1.82, 2.24) is 15.2 Å². The topological polar surface area (TPSA) is 42.2 Å². The van der Waals surface area contributed by atoms with Gasteiger partial charge >= 0.3 is 0 Å². The molecule has 2 aliphatic rings. The van der Waals surface area contributed by atoms with Crippen molar-refractivity contribution in [3.05, 3.63) is 23.0 Å². The van der Waals surface area contributed by atoms with E-state index in [2.05, 4.69) is 34.4 Å². The Labute approximate surface area is 92.8 Å². The lowest BCUT2D eigenvalue weighted by atomic mass is 9.88. The molecule has 3 heterocycles. The van der Waals surface area contributed by atoms with E-state index in [1.807, 2.05) is 0 Å². The Balaban J connectivity index is 2.11. The van der Waals surface area contributed by atoms with Gasteiger partial charge in [-0.1, -0.05) is 28.9 Å². The highest BCUT2D eigenvalue weighted by Crippen LogP contribution is 2.47. The van der Waals surface area contributed by atoms with Crippen LogP contribution < -0.4 is 0 Å². The first-order valence-corrected chi connectivity index (χ1v) is 5.50. The third-order valence-corrected chi connectivity index (χ3v) is 3.98. The minimum atomic E-state index is -0.0868. The summed E-state index contributed by atoms with van der Waals surface area (Å²) in [6.07, 6.45) is 7.62. The molecule has 0 N–H and O–H groups in total. The van der Waals surface area contributed by atoms with Crippen molar-refractivity contribution >= 4 is 11.6 Å². The molecule has 3 rings (SSSR count). The molecule has 2 atom stereocenters. The second-order valence-electron chi connectivity index (χ2n) is 4.28. The number of hydrogen-bond acceptors (Lipinski definition) is 4. The first-order valence-electron chi connectivity index (χ1n) is 5.12. The van der Waals surface area contributed by atoms with Gasteiger partial charge < -0.3 is 0 Å². The minimum Gasteiger partial charge on any atom is -0.288 e. The van der Waals surface area contributed by atoms with E-state index >= 15 is 0 Å². The molecule has 2 unspecified atom stereocenters. The fraction of sp³-hybridized carbons (Fsp3) is 0.600. The third-order valence-electron chi connectivity index (χ3n) is 3.73. The normalized spacial score (nSPS) is 34.9. The molecule has 2 aliphatic heterocycles.